The van der Waals surface area contributed by atoms with Crippen molar-refractivity contribution in [2.45, 2.75) is 49.8 Å². The molecule has 0 N–H and O–H groups in total. The quantitative estimate of drug-likeness (QED) is 0.602. The van der Waals surface area contributed by atoms with E-state index in [1.807, 2.05) is 0 Å². The second-order valence-corrected chi connectivity index (χ2v) is 7.38. The normalized spacial score (nSPS) is 19.2. The number of hydrogen-bond donors (Lipinski definition) is 0. The number of rotatable bonds is 4. The maximum Gasteiger partial charge on any atom is 0.0188 e. The Kier molecular flexibility index (Phi) is 5.55. The maximum atomic E-state index is 3.86. The van der Waals surface area contributed by atoms with Gasteiger partial charge in [-0.25, -0.2) is 0 Å². The number of benzene rings is 1. The zero-order valence-electron chi connectivity index (χ0n) is 10.2. The lowest BCUT2D eigenvalue weighted by Gasteiger charge is -2.23. The molecule has 2 heteroatoms. The number of halogens is 2. The molecule has 1 unspecified atom stereocenters. The van der Waals surface area contributed by atoms with Gasteiger partial charge >= 0.3 is 0 Å². The van der Waals surface area contributed by atoms with E-state index >= 15 is 0 Å². The van der Waals surface area contributed by atoms with Gasteiger partial charge in [-0.2, -0.15) is 0 Å². The van der Waals surface area contributed by atoms with Crippen LogP contribution in [0.3, 0.4) is 0 Å². The molecule has 1 aliphatic carbocycles. The molecular weight excluding hydrogens is 340 g/mol. The first kappa shape index (κ1) is 13.6. The van der Waals surface area contributed by atoms with E-state index in [4.69, 9.17) is 0 Å². The van der Waals surface area contributed by atoms with Gasteiger partial charge in [-0.1, -0.05) is 76.1 Å². The average molecular weight is 360 g/mol. The van der Waals surface area contributed by atoms with Crippen molar-refractivity contribution in [2.24, 2.45) is 5.92 Å². The zero-order valence-corrected chi connectivity index (χ0v) is 13.3. The first-order valence-corrected chi connectivity index (χ1v) is 8.33. The van der Waals surface area contributed by atoms with Crippen molar-refractivity contribution in [1.29, 1.82) is 0 Å². The van der Waals surface area contributed by atoms with Crippen LogP contribution in [0.4, 0.5) is 0 Å². The van der Waals surface area contributed by atoms with Crippen LogP contribution in [0, 0.1) is 5.92 Å². The molecule has 0 aliphatic heterocycles. The SMILES string of the molecule is Brc1cccc(CC(Br)CC2CCCCC2)c1. The molecule has 94 valence electrons. The van der Waals surface area contributed by atoms with Crippen molar-refractivity contribution in [2.75, 3.05) is 0 Å². The third kappa shape index (κ3) is 4.75. The van der Waals surface area contributed by atoms with Crippen molar-refractivity contribution in [3.63, 3.8) is 0 Å². The highest BCUT2D eigenvalue weighted by Gasteiger charge is 2.17. The fourth-order valence-corrected chi connectivity index (χ4v) is 4.14. The van der Waals surface area contributed by atoms with Crippen LogP contribution in [-0.2, 0) is 6.42 Å². The monoisotopic (exact) mass is 358 g/mol. The Morgan fingerprint density at radius 2 is 1.94 bits per heavy atom. The molecule has 2 rings (SSSR count). The molecule has 1 fully saturated rings. The van der Waals surface area contributed by atoms with E-state index < -0.39 is 0 Å². The molecule has 0 heterocycles. The standard InChI is InChI=1S/C15H20Br2/c16-14-8-4-7-13(10-14)11-15(17)9-12-5-2-1-3-6-12/h4,7-8,10,12,15H,1-3,5-6,9,11H2. The lowest BCUT2D eigenvalue weighted by Crippen LogP contribution is -2.13. The largest absolute Gasteiger partial charge is 0.0887 e. The van der Waals surface area contributed by atoms with Gasteiger partial charge in [-0.15, -0.1) is 0 Å². The van der Waals surface area contributed by atoms with Crippen molar-refractivity contribution in [3.8, 4) is 0 Å². The molecule has 0 nitrogen and oxygen atoms in total. The molecule has 17 heavy (non-hydrogen) atoms. The maximum absolute atomic E-state index is 3.86. The highest BCUT2D eigenvalue weighted by Crippen LogP contribution is 2.30. The van der Waals surface area contributed by atoms with Gasteiger partial charge in [0.05, 0.1) is 0 Å². The molecular formula is C15H20Br2. The predicted molar refractivity (Wildman–Crippen MR) is 81.8 cm³/mol. The molecule has 1 aliphatic rings. The van der Waals surface area contributed by atoms with Gasteiger partial charge in [0.15, 0.2) is 0 Å². The Hall–Kier alpha value is 0.180. The second kappa shape index (κ2) is 6.94. The van der Waals surface area contributed by atoms with E-state index in [-0.39, 0.29) is 0 Å². The fraction of sp³-hybridized carbons (Fsp3) is 0.600. The number of hydrogen-bond acceptors (Lipinski definition) is 0. The minimum absolute atomic E-state index is 0.639. The summed E-state index contributed by atoms with van der Waals surface area (Å²) in [5.41, 5.74) is 1.43. The van der Waals surface area contributed by atoms with Crippen LogP contribution in [0.1, 0.15) is 44.1 Å². The first-order valence-electron chi connectivity index (χ1n) is 6.62. The van der Waals surface area contributed by atoms with Crippen molar-refractivity contribution < 1.29 is 0 Å². The summed E-state index contributed by atoms with van der Waals surface area (Å²) >= 11 is 7.39. The summed E-state index contributed by atoms with van der Waals surface area (Å²) in [6, 6.07) is 8.67. The Bertz CT molecular complexity index is 343. The minimum atomic E-state index is 0.639. The van der Waals surface area contributed by atoms with Crippen LogP contribution < -0.4 is 0 Å². The van der Waals surface area contributed by atoms with Gasteiger partial charge in [-0.3, -0.25) is 0 Å². The van der Waals surface area contributed by atoms with Crippen LogP contribution >= 0.6 is 31.9 Å². The molecule has 0 amide bonds. The van der Waals surface area contributed by atoms with E-state index in [0.717, 1.165) is 12.3 Å². The van der Waals surface area contributed by atoms with Gasteiger partial charge in [-0.05, 0) is 36.5 Å². The Labute approximate surface area is 121 Å². The van der Waals surface area contributed by atoms with Crippen LogP contribution in [0.25, 0.3) is 0 Å². The van der Waals surface area contributed by atoms with Gasteiger partial charge in [0.25, 0.3) is 0 Å². The second-order valence-electron chi connectivity index (χ2n) is 5.17. The topological polar surface area (TPSA) is 0 Å². The van der Waals surface area contributed by atoms with Crippen LogP contribution in [0.2, 0.25) is 0 Å². The fourth-order valence-electron chi connectivity index (χ4n) is 2.79. The van der Waals surface area contributed by atoms with Gasteiger partial charge in [0, 0.05) is 9.30 Å². The Morgan fingerprint density at radius 1 is 1.18 bits per heavy atom. The lowest BCUT2D eigenvalue weighted by atomic mass is 9.85. The van der Waals surface area contributed by atoms with Crippen LogP contribution in [-0.4, -0.2) is 4.83 Å². The summed E-state index contributed by atoms with van der Waals surface area (Å²) in [6.07, 6.45) is 9.72. The van der Waals surface area contributed by atoms with Gasteiger partial charge in [0.1, 0.15) is 0 Å². The smallest absolute Gasteiger partial charge is 0.0188 e. The summed E-state index contributed by atoms with van der Waals surface area (Å²) in [6.45, 7) is 0. The minimum Gasteiger partial charge on any atom is -0.0887 e. The Balaban J connectivity index is 1.82. The van der Waals surface area contributed by atoms with Crippen LogP contribution in [0.5, 0.6) is 0 Å². The van der Waals surface area contributed by atoms with Crippen molar-refractivity contribution in [3.05, 3.63) is 34.3 Å². The number of alkyl halides is 1. The molecule has 1 saturated carbocycles. The third-order valence-corrected chi connectivity index (χ3v) is 4.85. The average Bonchev–Trinajstić information content (AvgIpc) is 2.30. The highest BCUT2D eigenvalue weighted by atomic mass is 79.9. The van der Waals surface area contributed by atoms with Crippen molar-refractivity contribution >= 4 is 31.9 Å². The zero-order chi connectivity index (χ0) is 12.1. The Morgan fingerprint density at radius 3 is 2.65 bits per heavy atom. The van der Waals surface area contributed by atoms with Gasteiger partial charge in [0.2, 0.25) is 0 Å². The van der Waals surface area contributed by atoms with E-state index in [1.54, 1.807) is 0 Å². The molecule has 1 atom stereocenters. The first-order chi connectivity index (χ1) is 8.24. The predicted octanol–water partition coefficient (Wildman–Crippen LogP) is 5.73. The lowest BCUT2D eigenvalue weighted by molar-refractivity contribution is 0.337. The summed E-state index contributed by atoms with van der Waals surface area (Å²) in [4.78, 5) is 0.639. The van der Waals surface area contributed by atoms with Crippen LogP contribution in [0.15, 0.2) is 28.7 Å². The summed E-state index contributed by atoms with van der Waals surface area (Å²) in [5.74, 6) is 0.959. The van der Waals surface area contributed by atoms with E-state index in [0.29, 0.717) is 4.83 Å². The van der Waals surface area contributed by atoms with E-state index in [2.05, 4.69) is 56.1 Å². The molecule has 0 radical (unpaired) electrons. The molecule has 0 bridgehead atoms. The molecule has 0 saturated heterocycles. The summed E-state index contributed by atoms with van der Waals surface area (Å²) < 4.78 is 1.19. The molecule has 1 aromatic carbocycles. The van der Waals surface area contributed by atoms with Gasteiger partial charge < -0.3 is 0 Å². The van der Waals surface area contributed by atoms with E-state index in [9.17, 15) is 0 Å². The van der Waals surface area contributed by atoms with E-state index in [1.165, 1.54) is 48.6 Å². The molecule has 0 aromatic heterocycles. The summed E-state index contributed by atoms with van der Waals surface area (Å²) in [5, 5.41) is 0. The third-order valence-electron chi connectivity index (χ3n) is 3.66. The van der Waals surface area contributed by atoms with Crippen molar-refractivity contribution in [1.82, 2.24) is 0 Å². The molecule has 0 spiro atoms. The summed E-state index contributed by atoms with van der Waals surface area (Å²) in [7, 11) is 0. The highest BCUT2D eigenvalue weighted by molar-refractivity contribution is 9.10. The molecule has 1 aromatic rings.